The number of hydrogen-bond acceptors (Lipinski definition) is 0. The molecule has 2 heterocycles. The number of nitrogens with one attached hydrogen (secondary N) is 1. The van der Waals surface area contributed by atoms with Gasteiger partial charge in [-0.2, -0.15) is 0 Å². The zero-order valence-electron chi connectivity index (χ0n) is 8.53. The fourth-order valence-electron chi connectivity index (χ4n) is 2.34. The van der Waals surface area contributed by atoms with Crippen molar-refractivity contribution in [2.24, 2.45) is 0 Å². The van der Waals surface area contributed by atoms with Crippen molar-refractivity contribution in [3.05, 3.63) is 48.7 Å². The van der Waals surface area contributed by atoms with Crippen LogP contribution in [-0.4, -0.2) is 19.5 Å². The predicted molar refractivity (Wildman–Crippen MR) is 70.3 cm³/mol. The molecule has 4 aromatic rings. The van der Waals surface area contributed by atoms with E-state index in [4.69, 9.17) is 0 Å². The van der Waals surface area contributed by atoms with Gasteiger partial charge in [0.15, 0.2) is 0 Å². The van der Waals surface area contributed by atoms with Gasteiger partial charge in [0.05, 0.1) is 0 Å². The third kappa shape index (κ3) is 1.01. The van der Waals surface area contributed by atoms with Gasteiger partial charge in [0.2, 0.25) is 0 Å². The summed E-state index contributed by atoms with van der Waals surface area (Å²) in [6.45, 7) is 0. The Morgan fingerprint density at radius 1 is 0.875 bits per heavy atom. The van der Waals surface area contributed by atoms with Crippen LogP contribution in [0.1, 0.15) is 0 Å². The molecule has 0 fully saturated rings. The van der Waals surface area contributed by atoms with Gasteiger partial charge in [-0.3, -0.25) is 0 Å². The number of rotatable bonds is 0. The molecule has 2 heteroatoms. The normalized spacial score (nSPS) is 11.8. The average Bonchev–Trinajstić information content (AvgIpc) is 2.91. The molecule has 2 aromatic heterocycles. The molecule has 0 aliphatic heterocycles. The predicted octanol–water partition coefficient (Wildman–Crippen LogP) is 3.53. The number of aromatic nitrogens is 1. The standard InChI is InChI=1S/C14H9NSe/c1-2-4-11-10(3-1)13-12(16-11)6-5-9-7-8-15-14(9)13/h1-8,15H. The molecule has 0 aliphatic rings. The SMILES string of the molecule is c1ccc2c(c1)[se]c1ccc3cc[nH]c3c12. The van der Waals surface area contributed by atoms with Gasteiger partial charge in [-0.25, -0.2) is 0 Å². The molecule has 16 heavy (non-hydrogen) atoms. The van der Waals surface area contributed by atoms with Gasteiger partial charge in [-0.05, 0) is 0 Å². The summed E-state index contributed by atoms with van der Waals surface area (Å²) in [5.74, 6) is 0. The average molecular weight is 270 g/mol. The molecule has 2 aromatic carbocycles. The third-order valence-electron chi connectivity index (χ3n) is 3.07. The van der Waals surface area contributed by atoms with Crippen molar-refractivity contribution in [1.29, 1.82) is 0 Å². The van der Waals surface area contributed by atoms with Gasteiger partial charge in [0.1, 0.15) is 0 Å². The summed E-state index contributed by atoms with van der Waals surface area (Å²) in [5.41, 5.74) is 1.30. The molecular formula is C14H9NSe. The number of fused-ring (bicyclic) bond motifs is 5. The van der Waals surface area contributed by atoms with E-state index in [0.29, 0.717) is 14.5 Å². The monoisotopic (exact) mass is 271 g/mol. The molecule has 0 atom stereocenters. The van der Waals surface area contributed by atoms with E-state index in [9.17, 15) is 0 Å². The second kappa shape index (κ2) is 3.00. The van der Waals surface area contributed by atoms with Gasteiger partial charge >= 0.3 is 98.3 Å². The second-order valence-electron chi connectivity index (χ2n) is 3.98. The van der Waals surface area contributed by atoms with Crippen molar-refractivity contribution in [2.45, 2.75) is 0 Å². The maximum atomic E-state index is 3.37. The quantitative estimate of drug-likeness (QED) is 0.470. The first-order valence-corrected chi connectivity index (χ1v) is 7.02. The van der Waals surface area contributed by atoms with Crippen molar-refractivity contribution in [3.63, 3.8) is 0 Å². The van der Waals surface area contributed by atoms with E-state index in [0.717, 1.165) is 0 Å². The van der Waals surface area contributed by atoms with E-state index in [1.807, 2.05) is 6.20 Å². The molecule has 0 unspecified atom stereocenters. The van der Waals surface area contributed by atoms with E-state index in [-0.39, 0.29) is 0 Å². The van der Waals surface area contributed by atoms with Crippen LogP contribution in [0, 0.1) is 0 Å². The van der Waals surface area contributed by atoms with Gasteiger partial charge in [0.25, 0.3) is 0 Å². The van der Waals surface area contributed by atoms with E-state index in [2.05, 4.69) is 47.4 Å². The molecule has 0 aliphatic carbocycles. The Bertz CT molecular complexity index is 807. The molecule has 1 N–H and O–H groups in total. The van der Waals surface area contributed by atoms with Gasteiger partial charge in [0, 0.05) is 0 Å². The Morgan fingerprint density at radius 3 is 2.81 bits per heavy atom. The molecular weight excluding hydrogens is 261 g/mol. The Kier molecular flexibility index (Phi) is 1.62. The summed E-state index contributed by atoms with van der Waals surface area (Å²) in [7, 11) is 0. The fourth-order valence-corrected chi connectivity index (χ4v) is 4.68. The first-order valence-electron chi connectivity index (χ1n) is 5.31. The van der Waals surface area contributed by atoms with Gasteiger partial charge in [-0.15, -0.1) is 0 Å². The first kappa shape index (κ1) is 8.63. The first-order chi connectivity index (χ1) is 7.93. The summed E-state index contributed by atoms with van der Waals surface area (Å²) in [6.07, 6.45) is 2.03. The summed E-state index contributed by atoms with van der Waals surface area (Å²) >= 11 is 0.477. The number of hydrogen-bond donors (Lipinski definition) is 1. The van der Waals surface area contributed by atoms with Crippen molar-refractivity contribution < 1.29 is 0 Å². The van der Waals surface area contributed by atoms with E-state index in [1.165, 1.54) is 30.2 Å². The Hall–Kier alpha value is -1.50. The zero-order chi connectivity index (χ0) is 10.5. The molecule has 1 nitrogen and oxygen atoms in total. The van der Waals surface area contributed by atoms with Gasteiger partial charge < -0.3 is 0 Å². The van der Waals surface area contributed by atoms with E-state index < -0.39 is 0 Å². The maximum absolute atomic E-state index is 3.37. The van der Waals surface area contributed by atoms with Crippen molar-refractivity contribution in [2.75, 3.05) is 0 Å². The second-order valence-corrected chi connectivity index (χ2v) is 6.25. The fraction of sp³-hybridized carbons (Fsp3) is 0. The van der Waals surface area contributed by atoms with Crippen LogP contribution in [0.2, 0.25) is 0 Å². The minimum absolute atomic E-state index is 0.477. The summed E-state index contributed by atoms with van der Waals surface area (Å²) < 4.78 is 3.01. The molecule has 0 radical (unpaired) electrons. The summed E-state index contributed by atoms with van der Waals surface area (Å²) in [5, 5.41) is 4.16. The number of aromatic amines is 1. The molecule has 0 bridgehead atoms. The Balaban J connectivity index is 2.42. The van der Waals surface area contributed by atoms with Crippen LogP contribution < -0.4 is 0 Å². The van der Waals surface area contributed by atoms with Crippen molar-refractivity contribution in [1.82, 2.24) is 4.98 Å². The third-order valence-corrected chi connectivity index (χ3v) is 5.45. The minimum atomic E-state index is 0.477. The van der Waals surface area contributed by atoms with Gasteiger partial charge in [-0.1, -0.05) is 0 Å². The van der Waals surface area contributed by atoms with Crippen LogP contribution in [-0.2, 0) is 0 Å². The molecule has 0 saturated carbocycles. The Morgan fingerprint density at radius 2 is 1.81 bits per heavy atom. The number of benzene rings is 2. The number of H-pyrrole nitrogens is 1. The van der Waals surface area contributed by atoms with Crippen LogP contribution in [0.25, 0.3) is 30.2 Å². The molecule has 0 saturated heterocycles. The molecule has 0 amide bonds. The van der Waals surface area contributed by atoms with Crippen molar-refractivity contribution in [3.8, 4) is 0 Å². The zero-order valence-corrected chi connectivity index (χ0v) is 10.2. The van der Waals surface area contributed by atoms with E-state index >= 15 is 0 Å². The molecule has 76 valence electrons. The molecule has 4 rings (SSSR count). The van der Waals surface area contributed by atoms with Crippen LogP contribution in [0.4, 0.5) is 0 Å². The Labute approximate surface area is 98.4 Å². The summed E-state index contributed by atoms with van der Waals surface area (Å²) in [6, 6.07) is 15.4. The van der Waals surface area contributed by atoms with Crippen molar-refractivity contribution >= 4 is 44.7 Å². The van der Waals surface area contributed by atoms with Crippen LogP contribution in [0.3, 0.4) is 0 Å². The summed E-state index contributed by atoms with van der Waals surface area (Å²) in [4.78, 5) is 3.37. The van der Waals surface area contributed by atoms with Crippen LogP contribution >= 0.6 is 0 Å². The van der Waals surface area contributed by atoms with E-state index in [1.54, 1.807) is 0 Å². The van der Waals surface area contributed by atoms with Crippen LogP contribution in [0.5, 0.6) is 0 Å². The topological polar surface area (TPSA) is 15.8 Å². The molecule has 0 spiro atoms. The van der Waals surface area contributed by atoms with Crippen LogP contribution in [0.15, 0.2) is 48.7 Å².